The van der Waals surface area contributed by atoms with Crippen LogP contribution in [0.3, 0.4) is 0 Å². The number of nitrogens with zero attached hydrogens (tertiary/aromatic N) is 2. The molecule has 1 aromatic rings. The minimum atomic E-state index is 0.218. The SMILES string of the molecule is CCNC(c1c(OC)cnn1C(C)C)C1(C)CCCS1. The maximum absolute atomic E-state index is 5.58. The van der Waals surface area contributed by atoms with Crippen molar-refractivity contribution >= 4 is 11.8 Å². The lowest BCUT2D eigenvalue weighted by molar-refractivity contribution is 0.350. The molecule has 5 heteroatoms. The van der Waals surface area contributed by atoms with Crippen LogP contribution < -0.4 is 10.1 Å². The average Bonchev–Trinajstić information content (AvgIpc) is 3.02. The molecule has 2 heterocycles. The molecule has 0 amide bonds. The molecule has 1 aliphatic rings. The van der Waals surface area contributed by atoms with Crippen molar-refractivity contribution in [2.75, 3.05) is 19.4 Å². The first-order valence-corrected chi connectivity index (χ1v) is 8.50. The van der Waals surface area contributed by atoms with Gasteiger partial charge in [-0.25, -0.2) is 0 Å². The van der Waals surface area contributed by atoms with Gasteiger partial charge in [-0.05, 0) is 45.9 Å². The van der Waals surface area contributed by atoms with Crippen LogP contribution in [-0.4, -0.2) is 33.9 Å². The van der Waals surface area contributed by atoms with Gasteiger partial charge in [0.05, 0.1) is 25.0 Å². The van der Waals surface area contributed by atoms with E-state index in [1.807, 2.05) is 6.20 Å². The Kier molecular flexibility index (Phi) is 5.02. The number of methoxy groups -OCH3 is 1. The van der Waals surface area contributed by atoms with Crippen LogP contribution >= 0.6 is 11.8 Å². The van der Waals surface area contributed by atoms with Crippen molar-refractivity contribution < 1.29 is 4.74 Å². The lowest BCUT2D eigenvalue weighted by Gasteiger charge is -2.35. The van der Waals surface area contributed by atoms with Crippen LogP contribution in [0, 0.1) is 0 Å². The summed E-state index contributed by atoms with van der Waals surface area (Å²) < 4.78 is 7.90. The first-order valence-electron chi connectivity index (χ1n) is 7.52. The van der Waals surface area contributed by atoms with Crippen LogP contribution in [-0.2, 0) is 0 Å². The van der Waals surface area contributed by atoms with E-state index in [4.69, 9.17) is 4.74 Å². The maximum atomic E-state index is 5.58. The van der Waals surface area contributed by atoms with Crippen LogP contribution in [0.4, 0.5) is 0 Å². The summed E-state index contributed by atoms with van der Waals surface area (Å²) in [5, 5.41) is 8.21. The molecule has 0 aromatic carbocycles. The lowest BCUT2D eigenvalue weighted by atomic mass is 9.92. The fraction of sp³-hybridized carbons (Fsp3) is 0.800. The summed E-state index contributed by atoms with van der Waals surface area (Å²) in [7, 11) is 1.73. The summed E-state index contributed by atoms with van der Waals surface area (Å²) in [4.78, 5) is 0. The molecule has 1 saturated heterocycles. The molecule has 0 saturated carbocycles. The second-order valence-corrected chi connectivity index (χ2v) is 7.52. The molecule has 1 N–H and O–H groups in total. The monoisotopic (exact) mass is 297 g/mol. The highest BCUT2D eigenvalue weighted by Crippen LogP contribution is 2.48. The molecule has 114 valence electrons. The number of thioether (sulfide) groups is 1. The fourth-order valence-electron chi connectivity index (χ4n) is 3.03. The summed E-state index contributed by atoms with van der Waals surface area (Å²) in [5.74, 6) is 2.15. The third kappa shape index (κ3) is 2.84. The van der Waals surface area contributed by atoms with Crippen LogP contribution in [0.1, 0.15) is 58.3 Å². The topological polar surface area (TPSA) is 39.1 Å². The molecule has 2 atom stereocenters. The van der Waals surface area contributed by atoms with E-state index in [0.717, 1.165) is 12.3 Å². The Bertz CT molecular complexity index is 438. The van der Waals surface area contributed by atoms with Gasteiger partial charge in [-0.15, -0.1) is 0 Å². The van der Waals surface area contributed by atoms with Crippen LogP contribution in [0.2, 0.25) is 0 Å². The van der Waals surface area contributed by atoms with E-state index in [2.05, 4.69) is 54.6 Å². The Morgan fingerprint density at radius 2 is 2.30 bits per heavy atom. The number of hydrogen-bond donors (Lipinski definition) is 1. The summed E-state index contributed by atoms with van der Waals surface area (Å²) in [6, 6.07) is 0.616. The summed E-state index contributed by atoms with van der Waals surface area (Å²) in [6.45, 7) is 9.83. The Morgan fingerprint density at radius 1 is 1.55 bits per heavy atom. The Morgan fingerprint density at radius 3 is 2.80 bits per heavy atom. The first kappa shape index (κ1) is 15.7. The molecule has 2 rings (SSSR count). The number of nitrogens with one attached hydrogen (secondary N) is 1. The molecule has 0 bridgehead atoms. The number of rotatable bonds is 6. The predicted molar refractivity (Wildman–Crippen MR) is 85.7 cm³/mol. The highest BCUT2D eigenvalue weighted by molar-refractivity contribution is 8.00. The maximum Gasteiger partial charge on any atom is 0.161 e. The summed E-state index contributed by atoms with van der Waals surface area (Å²) in [6.07, 6.45) is 4.38. The molecule has 0 spiro atoms. The smallest absolute Gasteiger partial charge is 0.161 e. The van der Waals surface area contributed by atoms with Gasteiger partial charge >= 0.3 is 0 Å². The van der Waals surface area contributed by atoms with E-state index in [1.165, 1.54) is 24.3 Å². The zero-order valence-corrected chi connectivity index (χ0v) is 14.1. The molecular weight excluding hydrogens is 270 g/mol. The van der Waals surface area contributed by atoms with Gasteiger partial charge < -0.3 is 10.1 Å². The van der Waals surface area contributed by atoms with Crippen molar-refractivity contribution in [1.82, 2.24) is 15.1 Å². The molecule has 2 unspecified atom stereocenters. The van der Waals surface area contributed by atoms with Gasteiger partial charge in [0.2, 0.25) is 0 Å². The molecule has 1 aliphatic heterocycles. The van der Waals surface area contributed by atoms with Gasteiger partial charge in [0.25, 0.3) is 0 Å². The van der Waals surface area contributed by atoms with Crippen molar-refractivity contribution in [2.45, 2.75) is 57.4 Å². The van der Waals surface area contributed by atoms with E-state index in [1.54, 1.807) is 7.11 Å². The Labute approximate surface area is 126 Å². The minimum Gasteiger partial charge on any atom is -0.493 e. The number of ether oxygens (including phenoxy) is 1. The zero-order chi connectivity index (χ0) is 14.8. The van der Waals surface area contributed by atoms with Gasteiger partial charge in [-0.2, -0.15) is 16.9 Å². The predicted octanol–water partition coefficient (Wildman–Crippen LogP) is 3.41. The molecule has 0 aliphatic carbocycles. The molecule has 0 radical (unpaired) electrons. The number of aromatic nitrogens is 2. The third-order valence-corrected chi connectivity index (χ3v) is 5.64. The van der Waals surface area contributed by atoms with E-state index < -0.39 is 0 Å². The average molecular weight is 297 g/mol. The van der Waals surface area contributed by atoms with Gasteiger partial charge in [0.15, 0.2) is 5.75 Å². The van der Waals surface area contributed by atoms with E-state index >= 15 is 0 Å². The Balaban J connectivity index is 2.45. The minimum absolute atomic E-state index is 0.218. The third-order valence-electron chi connectivity index (χ3n) is 4.05. The number of hydrogen-bond acceptors (Lipinski definition) is 4. The van der Waals surface area contributed by atoms with E-state index in [-0.39, 0.29) is 10.8 Å². The fourth-order valence-corrected chi connectivity index (χ4v) is 4.44. The first-order chi connectivity index (χ1) is 9.53. The molecule has 4 nitrogen and oxygen atoms in total. The van der Waals surface area contributed by atoms with E-state index in [0.29, 0.717) is 6.04 Å². The highest BCUT2D eigenvalue weighted by Gasteiger charge is 2.41. The van der Waals surface area contributed by atoms with Gasteiger partial charge in [0, 0.05) is 10.8 Å². The Hall–Kier alpha value is -0.680. The van der Waals surface area contributed by atoms with Gasteiger partial charge in [-0.1, -0.05) is 6.92 Å². The van der Waals surface area contributed by atoms with E-state index in [9.17, 15) is 0 Å². The van der Waals surface area contributed by atoms with Crippen molar-refractivity contribution in [2.24, 2.45) is 0 Å². The van der Waals surface area contributed by atoms with Crippen LogP contribution in [0.5, 0.6) is 5.75 Å². The largest absolute Gasteiger partial charge is 0.493 e. The molecule has 1 aromatic heterocycles. The molecule has 20 heavy (non-hydrogen) atoms. The second kappa shape index (κ2) is 6.39. The molecule has 1 fully saturated rings. The quantitative estimate of drug-likeness (QED) is 0.873. The zero-order valence-electron chi connectivity index (χ0n) is 13.3. The lowest BCUT2D eigenvalue weighted by Crippen LogP contribution is -2.39. The van der Waals surface area contributed by atoms with Crippen molar-refractivity contribution in [1.29, 1.82) is 0 Å². The van der Waals surface area contributed by atoms with Crippen LogP contribution in [0.15, 0.2) is 6.20 Å². The van der Waals surface area contributed by atoms with Gasteiger partial charge in [0.1, 0.15) is 0 Å². The van der Waals surface area contributed by atoms with Crippen molar-refractivity contribution in [3.63, 3.8) is 0 Å². The van der Waals surface area contributed by atoms with Gasteiger partial charge in [-0.3, -0.25) is 4.68 Å². The standard InChI is InChI=1S/C15H27N3OS/c1-6-16-14(15(4)8-7-9-20-15)13-12(19-5)10-17-18(13)11(2)3/h10-11,14,16H,6-9H2,1-5H3. The summed E-state index contributed by atoms with van der Waals surface area (Å²) in [5.41, 5.74) is 1.20. The van der Waals surface area contributed by atoms with Crippen molar-refractivity contribution in [3.8, 4) is 5.75 Å². The normalized spacial score (nSPS) is 24.3. The van der Waals surface area contributed by atoms with Crippen molar-refractivity contribution in [3.05, 3.63) is 11.9 Å². The van der Waals surface area contributed by atoms with Crippen LogP contribution in [0.25, 0.3) is 0 Å². The highest BCUT2D eigenvalue weighted by atomic mass is 32.2. The second-order valence-electron chi connectivity index (χ2n) is 5.89. The molecular formula is C15H27N3OS. The summed E-state index contributed by atoms with van der Waals surface area (Å²) >= 11 is 2.07.